The van der Waals surface area contributed by atoms with Gasteiger partial charge in [0, 0.05) is 38.2 Å². The minimum atomic E-state index is -0.847. The molecule has 1 aromatic rings. The Labute approximate surface area is 142 Å². The van der Waals surface area contributed by atoms with E-state index in [-0.39, 0.29) is 17.9 Å². The number of alkyl halides is 1. The van der Waals surface area contributed by atoms with Crippen LogP contribution in [-0.4, -0.2) is 53.2 Å². The average molecular weight is 335 g/mol. The standard InChI is InChI=1S/C18H26FN3O2/c1-13-8-17(24-20-13)12-22-10-15(19)9-16(22)11-21(2)18(23)14-6-4-3-5-7-14/h3-4,8,14-16H,5-7,9-12H2,1-2H3/t14-,15-,16-/m0/s1. The Morgan fingerprint density at radius 3 is 3.00 bits per heavy atom. The number of allylic oxidation sites excluding steroid dienone is 2. The Morgan fingerprint density at radius 2 is 2.33 bits per heavy atom. The fraction of sp³-hybridized carbons (Fsp3) is 0.667. The second-order valence-corrected chi connectivity index (χ2v) is 7.05. The molecule has 3 rings (SSSR count). The number of aromatic nitrogens is 1. The molecule has 3 atom stereocenters. The van der Waals surface area contributed by atoms with Crippen LogP contribution in [0.4, 0.5) is 4.39 Å². The monoisotopic (exact) mass is 335 g/mol. The topological polar surface area (TPSA) is 49.6 Å². The molecular formula is C18H26FN3O2. The van der Waals surface area contributed by atoms with Crippen molar-refractivity contribution in [2.45, 2.75) is 51.4 Å². The molecule has 2 aliphatic rings. The van der Waals surface area contributed by atoms with Gasteiger partial charge in [-0.25, -0.2) is 4.39 Å². The lowest BCUT2D eigenvalue weighted by Crippen LogP contribution is -2.43. The molecule has 1 amide bonds. The summed E-state index contributed by atoms with van der Waals surface area (Å²) in [6.07, 6.45) is 6.55. The van der Waals surface area contributed by atoms with E-state index in [0.717, 1.165) is 30.7 Å². The van der Waals surface area contributed by atoms with E-state index in [1.165, 1.54) is 0 Å². The van der Waals surface area contributed by atoms with Crippen molar-refractivity contribution in [1.29, 1.82) is 0 Å². The zero-order chi connectivity index (χ0) is 17.1. The van der Waals surface area contributed by atoms with Crippen LogP contribution in [0.15, 0.2) is 22.7 Å². The van der Waals surface area contributed by atoms with E-state index in [1.807, 2.05) is 20.0 Å². The lowest BCUT2D eigenvalue weighted by Gasteiger charge is -2.30. The number of amides is 1. The maximum atomic E-state index is 13.9. The fourth-order valence-corrected chi connectivity index (χ4v) is 3.73. The van der Waals surface area contributed by atoms with Crippen molar-refractivity contribution in [3.05, 3.63) is 29.7 Å². The molecule has 5 nitrogen and oxygen atoms in total. The smallest absolute Gasteiger partial charge is 0.225 e. The van der Waals surface area contributed by atoms with Gasteiger partial charge in [-0.2, -0.15) is 0 Å². The van der Waals surface area contributed by atoms with Crippen LogP contribution >= 0.6 is 0 Å². The molecule has 1 aliphatic carbocycles. The van der Waals surface area contributed by atoms with Crippen LogP contribution in [0.5, 0.6) is 0 Å². The van der Waals surface area contributed by atoms with Gasteiger partial charge in [0.15, 0.2) is 5.76 Å². The number of hydrogen-bond donors (Lipinski definition) is 0. The van der Waals surface area contributed by atoms with Gasteiger partial charge in [0.25, 0.3) is 0 Å². The SMILES string of the molecule is Cc1cc(CN2C[C@@H](F)C[C@H]2CN(C)C(=O)[C@H]2CC=CCC2)on1. The van der Waals surface area contributed by atoms with Crippen molar-refractivity contribution < 1.29 is 13.7 Å². The summed E-state index contributed by atoms with van der Waals surface area (Å²) in [5.41, 5.74) is 0.829. The van der Waals surface area contributed by atoms with E-state index in [9.17, 15) is 9.18 Å². The van der Waals surface area contributed by atoms with Gasteiger partial charge >= 0.3 is 0 Å². The van der Waals surface area contributed by atoms with Crippen LogP contribution in [0.2, 0.25) is 0 Å². The number of halogens is 1. The molecule has 1 saturated heterocycles. The number of nitrogens with zero attached hydrogens (tertiary/aromatic N) is 3. The third-order valence-electron chi connectivity index (χ3n) is 4.99. The number of rotatable bonds is 5. The maximum absolute atomic E-state index is 13.9. The van der Waals surface area contributed by atoms with Crippen molar-refractivity contribution in [1.82, 2.24) is 15.0 Å². The molecule has 132 valence electrons. The minimum Gasteiger partial charge on any atom is -0.360 e. The zero-order valence-corrected chi connectivity index (χ0v) is 14.4. The molecular weight excluding hydrogens is 309 g/mol. The van der Waals surface area contributed by atoms with Gasteiger partial charge in [-0.15, -0.1) is 0 Å². The summed E-state index contributed by atoms with van der Waals surface area (Å²) in [7, 11) is 1.84. The first kappa shape index (κ1) is 17.1. The molecule has 0 bridgehead atoms. The fourth-order valence-electron chi connectivity index (χ4n) is 3.73. The molecule has 6 heteroatoms. The molecule has 0 radical (unpaired) electrons. The predicted octanol–water partition coefficient (Wildman–Crippen LogP) is 2.71. The van der Waals surface area contributed by atoms with E-state index >= 15 is 0 Å². The highest BCUT2D eigenvalue weighted by molar-refractivity contribution is 5.79. The van der Waals surface area contributed by atoms with E-state index in [2.05, 4.69) is 22.2 Å². The van der Waals surface area contributed by atoms with Crippen molar-refractivity contribution in [2.24, 2.45) is 5.92 Å². The van der Waals surface area contributed by atoms with Crippen LogP contribution < -0.4 is 0 Å². The van der Waals surface area contributed by atoms with Gasteiger partial charge in [0.05, 0.1) is 12.2 Å². The van der Waals surface area contributed by atoms with E-state index in [0.29, 0.717) is 26.1 Å². The van der Waals surface area contributed by atoms with Crippen LogP contribution in [0, 0.1) is 12.8 Å². The number of likely N-dealkylation sites (tertiary alicyclic amines) is 1. The lowest BCUT2D eigenvalue weighted by molar-refractivity contribution is -0.135. The molecule has 1 aliphatic heterocycles. The highest BCUT2D eigenvalue weighted by atomic mass is 19.1. The quantitative estimate of drug-likeness (QED) is 0.777. The first-order valence-corrected chi connectivity index (χ1v) is 8.73. The lowest BCUT2D eigenvalue weighted by atomic mass is 9.93. The van der Waals surface area contributed by atoms with E-state index in [4.69, 9.17) is 4.52 Å². The van der Waals surface area contributed by atoms with Crippen molar-refractivity contribution >= 4 is 5.91 Å². The summed E-state index contributed by atoms with van der Waals surface area (Å²) < 4.78 is 19.2. The van der Waals surface area contributed by atoms with Gasteiger partial charge in [-0.05, 0) is 32.6 Å². The van der Waals surface area contributed by atoms with E-state index < -0.39 is 6.17 Å². The Hall–Kier alpha value is -1.69. The second-order valence-electron chi connectivity index (χ2n) is 7.05. The molecule has 0 saturated carbocycles. The summed E-state index contributed by atoms with van der Waals surface area (Å²) in [6.45, 7) is 3.36. The summed E-state index contributed by atoms with van der Waals surface area (Å²) in [6, 6.07) is 1.91. The molecule has 0 aromatic carbocycles. The summed E-state index contributed by atoms with van der Waals surface area (Å²) in [5.74, 6) is 1.00. The first-order chi connectivity index (χ1) is 11.5. The molecule has 0 N–H and O–H groups in total. The predicted molar refractivity (Wildman–Crippen MR) is 89.1 cm³/mol. The summed E-state index contributed by atoms with van der Waals surface area (Å²) in [5, 5.41) is 3.89. The number of likely N-dealkylation sites (N-methyl/N-ethyl adjacent to an activating group) is 1. The average Bonchev–Trinajstić information content (AvgIpc) is 3.13. The first-order valence-electron chi connectivity index (χ1n) is 8.73. The van der Waals surface area contributed by atoms with Gasteiger partial charge in [-0.3, -0.25) is 9.69 Å². The largest absolute Gasteiger partial charge is 0.360 e. The van der Waals surface area contributed by atoms with Crippen LogP contribution in [0.25, 0.3) is 0 Å². The van der Waals surface area contributed by atoms with E-state index in [1.54, 1.807) is 4.90 Å². The zero-order valence-electron chi connectivity index (χ0n) is 14.4. The number of aryl methyl sites for hydroxylation is 1. The molecule has 2 heterocycles. The van der Waals surface area contributed by atoms with Crippen molar-refractivity contribution in [3.63, 3.8) is 0 Å². The van der Waals surface area contributed by atoms with Crippen LogP contribution in [0.1, 0.15) is 37.1 Å². The minimum absolute atomic E-state index is 0.0264. The van der Waals surface area contributed by atoms with Gasteiger partial charge in [0.1, 0.15) is 6.17 Å². The second kappa shape index (κ2) is 7.47. The number of hydrogen-bond acceptors (Lipinski definition) is 4. The third kappa shape index (κ3) is 4.04. The van der Waals surface area contributed by atoms with Gasteiger partial charge in [-0.1, -0.05) is 17.3 Å². The van der Waals surface area contributed by atoms with Crippen LogP contribution in [0.3, 0.4) is 0 Å². The highest BCUT2D eigenvalue weighted by Gasteiger charge is 2.35. The summed E-state index contributed by atoms with van der Waals surface area (Å²) >= 11 is 0. The van der Waals surface area contributed by atoms with Crippen LogP contribution in [-0.2, 0) is 11.3 Å². The molecule has 1 aromatic heterocycles. The van der Waals surface area contributed by atoms with Crippen molar-refractivity contribution in [2.75, 3.05) is 20.1 Å². The molecule has 1 fully saturated rings. The Kier molecular flexibility index (Phi) is 5.33. The number of carbonyl (C=O) groups excluding carboxylic acids is 1. The summed E-state index contributed by atoms with van der Waals surface area (Å²) in [4.78, 5) is 16.4. The maximum Gasteiger partial charge on any atom is 0.225 e. The Morgan fingerprint density at radius 1 is 1.50 bits per heavy atom. The molecule has 0 spiro atoms. The molecule has 0 unspecified atom stereocenters. The number of carbonyl (C=O) groups is 1. The Balaban J connectivity index is 1.59. The normalized spacial score (nSPS) is 27.5. The highest BCUT2D eigenvalue weighted by Crippen LogP contribution is 2.25. The Bertz CT molecular complexity index is 601. The molecule has 24 heavy (non-hydrogen) atoms. The van der Waals surface area contributed by atoms with Crippen molar-refractivity contribution in [3.8, 4) is 0 Å². The van der Waals surface area contributed by atoms with Gasteiger partial charge < -0.3 is 9.42 Å². The third-order valence-corrected chi connectivity index (χ3v) is 4.99. The van der Waals surface area contributed by atoms with Gasteiger partial charge in [0.2, 0.25) is 5.91 Å².